The average Bonchev–Trinajstić information content (AvgIpc) is 3.09. The van der Waals surface area contributed by atoms with Crippen LogP contribution >= 0.6 is 7.75 Å². The fourth-order valence-corrected chi connectivity index (χ4v) is 6.04. The van der Waals surface area contributed by atoms with Crippen LogP contribution in [-0.2, 0) is 24.6 Å². The van der Waals surface area contributed by atoms with E-state index < -0.39 is 61.7 Å². The number of carboxylic acids is 1. The highest BCUT2D eigenvalue weighted by atomic mass is 31.2. The first-order chi connectivity index (χ1) is 18.2. The van der Waals surface area contributed by atoms with Crippen molar-refractivity contribution in [1.29, 1.82) is 0 Å². The zero-order chi connectivity index (χ0) is 29.1. The number of carbonyl (C=O) groups is 1. The zero-order valence-electron chi connectivity index (χ0n) is 22.4. The standard InChI is InChI=1S/C25H35FN3O9P/c1-15(2)16(3)13-29(18(5)23(32)33)39(35,38-19-9-7-6-8-10-19)36-14-20-22(31)17(4)25(26,37-20)28-12-11-21(30)27-24(28)34/h6-12,15-18,20,22,31H,13-14H2,1-5H3,(H,32,33)(H,27,30,34)/t16?,17-,18?,20-,22+,25+,39-/m1/s1. The number of alkyl halides is 1. The summed E-state index contributed by atoms with van der Waals surface area (Å²) in [4.78, 5) is 37.6. The van der Waals surface area contributed by atoms with Crippen molar-refractivity contribution >= 4 is 13.7 Å². The van der Waals surface area contributed by atoms with Gasteiger partial charge in [-0.1, -0.05) is 45.9 Å². The van der Waals surface area contributed by atoms with Crippen LogP contribution in [-0.4, -0.2) is 61.8 Å². The van der Waals surface area contributed by atoms with Gasteiger partial charge in [0.15, 0.2) is 0 Å². The predicted molar refractivity (Wildman–Crippen MR) is 139 cm³/mol. The number of halogens is 1. The summed E-state index contributed by atoms with van der Waals surface area (Å²) in [5.74, 6) is -5.32. The van der Waals surface area contributed by atoms with Crippen LogP contribution in [0.15, 0.2) is 52.2 Å². The minimum Gasteiger partial charge on any atom is -0.480 e. The second kappa shape index (κ2) is 12.1. The minimum atomic E-state index is -4.46. The second-order valence-corrected chi connectivity index (χ2v) is 11.9. The molecule has 2 heterocycles. The molecular weight excluding hydrogens is 536 g/mol. The Balaban J connectivity index is 1.95. The number of aliphatic carboxylic acids is 1. The number of rotatable bonds is 12. The summed E-state index contributed by atoms with van der Waals surface area (Å²) in [5, 5.41) is 20.6. The first-order valence-corrected chi connectivity index (χ1v) is 14.1. The van der Waals surface area contributed by atoms with Crippen LogP contribution in [0.25, 0.3) is 0 Å². The first-order valence-electron chi connectivity index (χ1n) is 12.6. The summed E-state index contributed by atoms with van der Waals surface area (Å²) in [6.45, 7) is 7.73. The third kappa shape index (κ3) is 6.67. The Hall–Kier alpha value is -2.83. The van der Waals surface area contributed by atoms with Gasteiger partial charge < -0.3 is 19.5 Å². The number of aromatic nitrogens is 2. The van der Waals surface area contributed by atoms with Gasteiger partial charge in [-0.15, -0.1) is 0 Å². The smallest absolute Gasteiger partial charge is 0.462 e. The van der Waals surface area contributed by atoms with Crippen molar-refractivity contribution in [3.8, 4) is 5.75 Å². The Kier molecular flexibility index (Phi) is 9.56. The van der Waals surface area contributed by atoms with Gasteiger partial charge in [0.05, 0.1) is 18.6 Å². The van der Waals surface area contributed by atoms with Gasteiger partial charge in [0.25, 0.3) is 5.56 Å². The highest BCUT2D eigenvalue weighted by Crippen LogP contribution is 2.54. The number of hydrogen-bond donors (Lipinski definition) is 3. The van der Waals surface area contributed by atoms with Crippen LogP contribution < -0.4 is 15.8 Å². The normalized spacial score (nSPS) is 26.3. The van der Waals surface area contributed by atoms with Crippen LogP contribution in [0.4, 0.5) is 4.39 Å². The van der Waals surface area contributed by atoms with E-state index >= 15 is 4.39 Å². The molecule has 39 heavy (non-hydrogen) atoms. The Morgan fingerprint density at radius 3 is 2.44 bits per heavy atom. The maximum Gasteiger partial charge on any atom is 0.462 e. The van der Waals surface area contributed by atoms with Gasteiger partial charge in [-0.3, -0.25) is 19.1 Å². The number of nitrogens with one attached hydrogen (secondary N) is 1. The number of H-pyrrole nitrogens is 1. The van der Waals surface area contributed by atoms with Crippen molar-refractivity contribution in [2.75, 3.05) is 13.2 Å². The summed E-state index contributed by atoms with van der Waals surface area (Å²) in [5.41, 5.74) is -1.83. The maximum absolute atomic E-state index is 16.0. The second-order valence-electron chi connectivity index (χ2n) is 10.1. The van der Waals surface area contributed by atoms with Crippen LogP contribution in [0.2, 0.25) is 0 Å². The van der Waals surface area contributed by atoms with Crippen molar-refractivity contribution in [3.05, 3.63) is 63.4 Å². The van der Waals surface area contributed by atoms with Crippen LogP contribution in [0.3, 0.4) is 0 Å². The van der Waals surface area contributed by atoms with E-state index in [4.69, 9.17) is 13.8 Å². The van der Waals surface area contributed by atoms with E-state index in [2.05, 4.69) is 0 Å². The van der Waals surface area contributed by atoms with Crippen molar-refractivity contribution in [1.82, 2.24) is 14.2 Å². The zero-order valence-corrected chi connectivity index (χ0v) is 23.3. The minimum absolute atomic E-state index is 0.0273. The molecule has 12 nitrogen and oxygen atoms in total. The van der Waals surface area contributed by atoms with Crippen LogP contribution in [0, 0.1) is 17.8 Å². The predicted octanol–water partition coefficient (Wildman–Crippen LogP) is 2.78. The molecule has 0 radical (unpaired) electrons. The molecule has 1 aromatic heterocycles. The molecule has 1 aliphatic heterocycles. The summed E-state index contributed by atoms with van der Waals surface area (Å²) < 4.78 is 48.9. The number of para-hydroxylation sites is 1. The van der Waals surface area contributed by atoms with Crippen molar-refractivity contribution < 1.29 is 37.7 Å². The van der Waals surface area contributed by atoms with Gasteiger partial charge in [0, 0.05) is 18.8 Å². The summed E-state index contributed by atoms with van der Waals surface area (Å²) in [6.07, 6.45) is -2.05. The van der Waals surface area contributed by atoms with Gasteiger partial charge in [-0.25, -0.2) is 13.9 Å². The van der Waals surface area contributed by atoms with Crippen LogP contribution in [0.5, 0.6) is 5.75 Å². The van der Waals surface area contributed by atoms with E-state index in [9.17, 15) is 29.2 Å². The number of aliphatic hydroxyl groups is 1. The molecule has 1 fully saturated rings. The molecular formula is C25H35FN3O9P. The molecule has 1 saturated heterocycles. The van der Waals surface area contributed by atoms with E-state index in [-0.39, 0.29) is 24.1 Å². The molecule has 0 bridgehead atoms. The SMILES string of the molecule is CC(C)C(C)CN(C(C)C(=O)O)[P@@](=O)(OC[C@H]1O[C@@](F)(n2ccc(=O)[nH]c2=O)[C@H](C)[C@@H]1O)Oc1ccccc1. The molecule has 0 saturated carbocycles. The van der Waals surface area contributed by atoms with Crippen molar-refractivity contribution in [3.63, 3.8) is 0 Å². The van der Waals surface area contributed by atoms with Crippen molar-refractivity contribution in [2.24, 2.45) is 17.8 Å². The Bertz CT molecular complexity index is 1300. The number of aliphatic hydroxyl groups excluding tert-OH is 1. The number of aromatic amines is 1. The van der Waals surface area contributed by atoms with E-state index in [1.54, 1.807) is 18.2 Å². The molecule has 1 aliphatic rings. The third-order valence-corrected chi connectivity index (χ3v) is 9.08. The average molecular weight is 572 g/mol. The van der Waals surface area contributed by atoms with E-state index in [1.807, 2.05) is 25.8 Å². The molecule has 0 spiro atoms. The number of carboxylic acid groups (broad SMARTS) is 1. The molecule has 14 heteroatoms. The third-order valence-electron chi connectivity index (χ3n) is 7.02. The highest BCUT2D eigenvalue weighted by Gasteiger charge is 2.56. The molecule has 1 aromatic carbocycles. The number of ether oxygens (including phenoxy) is 1. The van der Waals surface area contributed by atoms with Crippen molar-refractivity contribution in [2.45, 2.75) is 58.8 Å². The van der Waals surface area contributed by atoms with E-state index in [0.717, 1.165) is 16.9 Å². The van der Waals surface area contributed by atoms with Crippen LogP contribution in [0.1, 0.15) is 34.6 Å². The molecule has 2 aromatic rings. The molecule has 7 atom stereocenters. The Morgan fingerprint density at radius 2 is 1.87 bits per heavy atom. The maximum atomic E-state index is 16.0. The lowest BCUT2D eigenvalue weighted by molar-refractivity contribution is -0.221. The van der Waals surface area contributed by atoms with E-state index in [1.165, 1.54) is 26.0 Å². The largest absolute Gasteiger partial charge is 0.480 e. The monoisotopic (exact) mass is 571 g/mol. The fourth-order valence-electron chi connectivity index (χ4n) is 4.03. The number of benzene rings is 1. The van der Waals surface area contributed by atoms with Gasteiger partial charge in [0.2, 0.25) is 0 Å². The lowest BCUT2D eigenvalue weighted by Gasteiger charge is -2.35. The summed E-state index contributed by atoms with van der Waals surface area (Å²) in [7, 11) is -4.46. The van der Waals surface area contributed by atoms with Gasteiger partial charge in [-0.2, -0.15) is 9.06 Å². The first kappa shape index (κ1) is 30.7. The topological polar surface area (TPSA) is 160 Å². The highest BCUT2D eigenvalue weighted by molar-refractivity contribution is 7.51. The lowest BCUT2D eigenvalue weighted by atomic mass is 9.98. The molecule has 2 unspecified atom stereocenters. The number of hydrogen-bond acceptors (Lipinski definition) is 8. The van der Waals surface area contributed by atoms with Gasteiger partial charge in [-0.05, 0) is 30.9 Å². The molecule has 0 aliphatic carbocycles. The Morgan fingerprint density at radius 1 is 1.23 bits per heavy atom. The fraction of sp³-hybridized carbons (Fsp3) is 0.560. The molecule has 0 amide bonds. The quantitative estimate of drug-likeness (QED) is 0.323. The Labute approximate surface area is 224 Å². The molecule has 216 valence electrons. The van der Waals surface area contributed by atoms with Gasteiger partial charge >= 0.3 is 25.4 Å². The summed E-state index contributed by atoms with van der Waals surface area (Å²) in [6, 6.07) is 7.64. The lowest BCUT2D eigenvalue weighted by Crippen LogP contribution is -2.44. The summed E-state index contributed by atoms with van der Waals surface area (Å²) >= 11 is 0. The molecule has 3 N–H and O–H groups in total. The van der Waals surface area contributed by atoms with E-state index in [0.29, 0.717) is 4.57 Å². The number of nitrogens with zero attached hydrogens (tertiary/aromatic N) is 2. The van der Waals surface area contributed by atoms with Gasteiger partial charge in [0.1, 0.15) is 17.9 Å². The molecule has 3 rings (SSSR count).